The number of nitrogens with two attached hydrogens (primary N) is 1. The van der Waals surface area contributed by atoms with Crippen LogP contribution in [0.25, 0.3) is 5.65 Å². The van der Waals surface area contributed by atoms with E-state index in [1.165, 1.54) is 24.1 Å². The third-order valence-electron chi connectivity index (χ3n) is 4.61. The predicted molar refractivity (Wildman–Crippen MR) is 84.2 cm³/mol. The number of aromatic nitrogens is 3. The van der Waals surface area contributed by atoms with Gasteiger partial charge in [-0.25, -0.2) is 9.50 Å². The maximum absolute atomic E-state index is 5.98. The number of rotatable bonds is 3. The van der Waals surface area contributed by atoms with Gasteiger partial charge in [-0.2, -0.15) is 5.10 Å². The Kier molecular flexibility index (Phi) is 3.95. The molecule has 114 valence electrons. The van der Waals surface area contributed by atoms with Crippen molar-refractivity contribution in [1.29, 1.82) is 0 Å². The molecule has 3 N–H and O–H groups in total. The minimum Gasteiger partial charge on any atom is -0.328 e. The summed E-state index contributed by atoms with van der Waals surface area (Å²) in [5, 5.41) is 8.25. The zero-order valence-electron chi connectivity index (χ0n) is 13.1. The van der Waals surface area contributed by atoms with Gasteiger partial charge in [-0.15, -0.1) is 0 Å². The Balaban J connectivity index is 1.78. The molecule has 0 saturated heterocycles. The summed E-state index contributed by atoms with van der Waals surface area (Å²) in [6.45, 7) is 6.33. The van der Waals surface area contributed by atoms with Crippen LogP contribution in [0.3, 0.4) is 0 Å². The van der Waals surface area contributed by atoms with Crippen LogP contribution in [-0.4, -0.2) is 26.7 Å². The lowest BCUT2D eigenvalue weighted by atomic mass is 9.91. The van der Waals surface area contributed by atoms with Crippen LogP contribution in [-0.2, 0) is 0 Å². The van der Waals surface area contributed by atoms with E-state index in [4.69, 9.17) is 5.73 Å². The van der Waals surface area contributed by atoms with Crippen molar-refractivity contribution < 1.29 is 0 Å². The highest BCUT2D eigenvalue weighted by molar-refractivity contribution is 5.42. The fraction of sp³-hybridized carbons (Fsp3) is 0.625. The summed E-state index contributed by atoms with van der Waals surface area (Å²) in [5.41, 5.74) is 10.3. The topological polar surface area (TPSA) is 68.2 Å². The number of fused-ring (bicyclic) bond motifs is 1. The van der Waals surface area contributed by atoms with Crippen molar-refractivity contribution in [2.24, 2.45) is 5.73 Å². The zero-order valence-corrected chi connectivity index (χ0v) is 13.1. The van der Waals surface area contributed by atoms with Gasteiger partial charge in [-0.1, -0.05) is 0 Å². The predicted octanol–water partition coefficient (Wildman–Crippen LogP) is 2.27. The van der Waals surface area contributed by atoms with Crippen LogP contribution in [0.2, 0.25) is 0 Å². The van der Waals surface area contributed by atoms with E-state index < -0.39 is 0 Å². The van der Waals surface area contributed by atoms with Gasteiger partial charge in [0.05, 0.1) is 5.69 Å². The van der Waals surface area contributed by atoms with Crippen molar-refractivity contribution in [3.8, 4) is 0 Å². The molecule has 2 aromatic heterocycles. The van der Waals surface area contributed by atoms with E-state index in [-0.39, 0.29) is 6.04 Å². The minimum atomic E-state index is 0.283. The molecule has 1 aliphatic carbocycles. The van der Waals surface area contributed by atoms with Crippen LogP contribution in [0.15, 0.2) is 12.3 Å². The highest BCUT2D eigenvalue weighted by Crippen LogP contribution is 2.23. The van der Waals surface area contributed by atoms with Crippen molar-refractivity contribution in [3.63, 3.8) is 0 Å². The third kappa shape index (κ3) is 2.94. The second-order valence-corrected chi connectivity index (χ2v) is 6.35. The summed E-state index contributed by atoms with van der Waals surface area (Å²) >= 11 is 0. The molecule has 1 aliphatic rings. The van der Waals surface area contributed by atoms with Crippen LogP contribution in [0.1, 0.15) is 55.6 Å². The SMILES string of the molecule is Cc1cc2ncc(C(C)NC3CCC(N)CC3)c(C)n2n1. The van der Waals surface area contributed by atoms with Crippen LogP contribution in [0.5, 0.6) is 0 Å². The maximum atomic E-state index is 5.98. The third-order valence-corrected chi connectivity index (χ3v) is 4.61. The summed E-state index contributed by atoms with van der Waals surface area (Å²) < 4.78 is 1.94. The molecule has 5 nitrogen and oxygen atoms in total. The van der Waals surface area contributed by atoms with Crippen LogP contribution < -0.4 is 11.1 Å². The Hall–Kier alpha value is -1.46. The molecule has 0 aliphatic heterocycles. The van der Waals surface area contributed by atoms with E-state index in [0.717, 1.165) is 24.2 Å². The minimum absolute atomic E-state index is 0.283. The first kappa shape index (κ1) is 14.5. The van der Waals surface area contributed by atoms with Crippen LogP contribution in [0, 0.1) is 13.8 Å². The Morgan fingerprint density at radius 1 is 1.29 bits per heavy atom. The molecule has 0 spiro atoms. The van der Waals surface area contributed by atoms with Gasteiger partial charge in [0.25, 0.3) is 0 Å². The Labute approximate surface area is 125 Å². The molecular formula is C16H25N5. The molecule has 5 heteroatoms. The molecule has 0 radical (unpaired) electrons. The fourth-order valence-corrected chi connectivity index (χ4v) is 3.33. The largest absolute Gasteiger partial charge is 0.328 e. The first-order valence-corrected chi connectivity index (χ1v) is 7.88. The van der Waals surface area contributed by atoms with E-state index >= 15 is 0 Å². The number of hydrogen-bond acceptors (Lipinski definition) is 4. The maximum Gasteiger partial charge on any atom is 0.155 e. The van der Waals surface area contributed by atoms with Gasteiger partial charge in [-0.3, -0.25) is 0 Å². The van der Waals surface area contributed by atoms with Gasteiger partial charge in [0, 0.05) is 41.6 Å². The average Bonchev–Trinajstić information content (AvgIpc) is 2.83. The molecule has 2 aromatic rings. The highest BCUT2D eigenvalue weighted by atomic mass is 15.3. The molecule has 0 aromatic carbocycles. The molecule has 3 rings (SSSR count). The number of nitrogens with zero attached hydrogens (tertiary/aromatic N) is 3. The van der Waals surface area contributed by atoms with Gasteiger partial charge >= 0.3 is 0 Å². The summed E-state index contributed by atoms with van der Waals surface area (Å²) in [7, 11) is 0. The van der Waals surface area contributed by atoms with Crippen molar-refractivity contribution in [1.82, 2.24) is 19.9 Å². The molecular weight excluding hydrogens is 262 g/mol. The van der Waals surface area contributed by atoms with Gasteiger partial charge in [0.2, 0.25) is 0 Å². The lowest BCUT2D eigenvalue weighted by Crippen LogP contribution is -2.38. The molecule has 21 heavy (non-hydrogen) atoms. The smallest absolute Gasteiger partial charge is 0.155 e. The van der Waals surface area contributed by atoms with E-state index in [0.29, 0.717) is 12.1 Å². The first-order valence-electron chi connectivity index (χ1n) is 7.88. The van der Waals surface area contributed by atoms with Gasteiger partial charge < -0.3 is 11.1 Å². The van der Waals surface area contributed by atoms with Gasteiger partial charge in [-0.05, 0) is 46.5 Å². The Morgan fingerprint density at radius 3 is 2.71 bits per heavy atom. The van der Waals surface area contributed by atoms with Gasteiger partial charge in [0.15, 0.2) is 5.65 Å². The van der Waals surface area contributed by atoms with E-state index in [1.807, 2.05) is 23.7 Å². The number of hydrogen-bond donors (Lipinski definition) is 2. The Morgan fingerprint density at radius 2 is 2.00 bits per heavy atom. The fourth-order valence-electron chi connectivity index (χ4n) is 3.33. The first-order chi connectivity index (χ1) is 10.0. The van der Waals surface area contributed by atoms with Crippen molar-refractivity contribution in [3.05, 3.63) is 29.2 Å². The molecule has 0 amide bonds. The van der Waals surface area contributed by atoms with Crippen molar-refractivity contribution in [2.75, 3.05) is 0 Å². The molecule has 1 unspecified atom stereocenters. The number of nitrogens with one attached hydrogen (secondary N) is 1. The average molecular weight is 287 g/mol. The monoisotopic (exact) mass is 287 g/mol. The van der Waals surface area contributed by atoms with Crippen LogP contribution in [0.4, 0.5) is 0 Å². The standard InChI is InChI=1S/C16H25N5/c1-10-8-16-18-9-15(12(3)21(16)20-10)11(2)19-14-6-4-13(17)5-7-14/h8-9,11,13-14,19H,4-7,17H2,1-3H3. The summed E-state index contributed by atoms with van der Waals surface area (Å²) in [6, 6.07) is 3.25. The lowest BCUT2D eigenvalue weighted by Gasteiger charge is -2.30. The summed E-state index contributed by atoms with van der Waals surface area (Å²) in [4.78, 5) is 4.53. The molecule has 1 saturated carbocycles. The van der Waals surface area contributed by atoms with E-state index in [9.17, 15) is 0 Å². The van der Waals surface area contributed by atoms with E-state index in [1.54, 1.807) is 0 Å². The zero-order chi connectivity index (χ0) is 15.0. The van der Waals surface area contributed by atoms with E-state index in [2.05, 4.69) is 29.2 Å². The quantitative estimate of drug-likeness (QED) is 0.908. The normalized spacial score (nSPS) is 24.4. The van der Waals surface area contributed by atoms with Crippen molar-refractivity contribution in [2.45, 2.75) is 64.6 Å². The second-order valence-electron chi connectivity index (χ2n) is 6.35. The second kappa shape index (κ2) is 5.73. The summed E-state index contributed by atoms with van der Waals surface area (Å²) in [5.74, 6) is 0. The number of aryl methyl sites for hydroxylation is 2. The Bertz CT molecular complexity index is 625. The van der Waals surface area contributed by atoms with Crippen LogP contribution >= 0.6 is 0 Å². The van der Waals surface area contributed by atoms with Crippen molar-refractivity contribution >= 4 is 5.65 Å². The van der Waals surface area contributed by atoms with Gasteiger partial charge in [0.1, 0.15) is 0 Å². The summed E-state index contributed by atoms with van der Waals surface area (Å²) in [6.07, 6.45) is 6.57. The lowest BCUT2D eigenvalue weighted by molar-refractivity contribution is 0.321. The molecule has 1 fully saturated rings. The molecule has 0 bridgehead atoms. The molecule has 1 atom stereocenters. The highest BCUT2D eigenvalue weighted by Gasteiger charge is 2.21. The molecule has 2 heterocycles.